The minimum Gasteiger partial charge on any atom is -1.00 e. The van der Waals surface area contributed by atoms with Crippen molar-refractivity contribution in [3.63, 3.8) is 0 Å². The van der Waals surface area contributed by atoms with Crippen LogP contribution < -0.4 is 28.6 Å². The molecule has 8 heteroatoms. The summed E-state index contributed by atoms with van der Waals surface area (Å²) in [7, 11) is -3.39. The van der Waals surface area contributed by atoms with Gasteiger partial charge in [0.25, 0.3) is 0 Å². The maximum absolute atomic E-state index is 12.2. The molecule has 0 aliphatic rings. The number of aryl methyl sites for hydroxylation is 2. The molecule has 0 fully saturated rings. The number of rotatable bonds is 11. The first-order valence-electron chi connectivity index (χ1n) is 10.8. The van der Waals surface area contributed by atoms with Crippen molar-refractivity contribution in [2.24, 2.45) is 0 Å². The van der Waals surface area contributed by atoms with Crippen LogP contribution in [0.1, 0.15) is 47.2 Å². The summed E-state index contributed by atoms with van der Waals surface area (Å²) in [5, 5.41) is 3.63. The van der Waals surface area contributed by atoms with Gasteiger partial charge in [-0.3, -0.25) is 0 Å². The van der Waals surface area contributed by atoms with Crippen LogP contribution in [0.4, 0.5) is 0 Å². The van der Waals surface area contributed by atoms with E-state index < -0.39 is 16.1 Å². The first kappa shape index (κ1) is 32.4. The van der Waals surface area contributed by atoms with Gasteiger partial charge in [0.15, 0.2) is 0 Å². The quantitative estimate of drug-likeness (QED) is 0.236. The molecule has 3 aromatic carbocycles. The van der Waals surface area contributed by atoms with Crippen LogP contribution >= 0.6 is 0 Å². The predicted molar refractivity (Wildman–Crippen MR) is 134 cm³/mol. The smallest absolute Gasteiger partial charge is 0.209 e. The SMILES string of the molecule is Cc1ccc(CCCCN[C@@H](c2ccccc2)[C@@H](NS(C)(=O)=O)c2ccccc2)cc1.[Cl-].[NH4+].[Ru]. The van der Waals surface area contributed by atoms with E-state index in [9.17, 15) is 8.42 Å². The second-order valence-corrected chi connectivity index (χ2v) is 9.84. The molecule has 0 heterocycles. The van der Waals surface area contributed by atoms with Crippen LogP contribution in [0.5, 0.6) is 0 Å². The Kier molecular flexibility index (Phi) is 15.4. The molecule has 0 radical (unpaired) electrons. The molecule has 2 atom stereocenters. The monoisotopic (exact) mass is 591 g/mol. The number of hydrogen-bond acceptors (Lipinski definition) is 3. The Morgan fingerprint density at radius 3 is 1.76 bits per heavy atom. The minimum atomic E-state index is -3.39. The number of quaternary nitrogens is 1. The molecule has 0 amide bonds. The molecule has 188 valence electrons. The second kappa shape index (κ2) is 16.1. The third-order valence-electron chi connectivity index (χ3n) is 5.37. The molecule has 3 rings (SSSR count). The summed E-state index contributed by atoms with van der Waals surface area (Å²) in [4.78, 5) is 0. The number of nitrogens with one attached hydrogen (secondary N) is 2. The van der Waals surface area contributed by atoms with Gasteiger partial charge in [-0.05, 0) is 49.4 Å². The van der Waals surface area contributed by atoms with Gasteiger partial charge in [-0.1, -0.05) is 90.5 Å². The first-order chi connectivity index (χ1) is 14.9. The molecule has 0 aliphatic heterocycles. The van der Waals surface area contributed by atoms with Gasteiger partial charge < -0.3 is 23.9 Å². The van der Waals surface area contributed by atoms with E-state index in [1.54, 1.807) is 0 Å². The fourth-order valence-corrected chi connectivity index (χ4v) is 4.51. The topological polar surface area (TPSA) is 94.7 Å². The van der Waals surface area contributed by atoms with Crippen molar-refractivity contribution in [3.05, 3.63) is 107 Å². The van der Waals surface area contributed by atoms with E-state index in [0.717, 1.165) is 36.9 Å². The molecule has 0 saturated carbocycles. The Morgan fingerprint density at radius 2 is 1.26 bits per heavy atom. The maximum atomic E-state index is 12.2. The summed E-state index contributed by atoms with van der Waals surface area (Å²) in [6.07, 6.45) is 4.35. The summed E-state index contributed by atoms with van der Waals surface area (Å²) in [5.41, 5.74) is 4.63. The summed E-state index contributed by atoms with van der Waals surface area (Å²) >= 11 is 0. The van der Waals surface area contributed by atoms with E-state index in [4.69, 9.17) is 0 Å². The van der Waals surface area contributed by atoms with E-state index in [0.29, 0.717) is 0 Å². The zero-order valence-electron chi connectivity index (χ0n) is 20.0. The second-order valence-electron chi connectivity index (χ2n) is 8.06. The van der Waals surface area contributed by atoms with Gasteiger partial charge in [0.05, 0.1) is 18.3 Å². The van der Waals surface area contributed by atoms with Gasteiger partial charge in [-0.25, -0.2) is 13.1 Å². The van der Waals surface area contributed by atoms with Crippen molar-refractivity contribution < 1.29 is 40.3 Å². The van der Waals surface area contributed by atoms with Crippen LogP contribution in [0.25, 0.3) is 0 Å². The Bertz CT molecular complexity index is 1040. The maximum Gasteiger partial charge on any atom is 0.209 e. The van der Waals surface area contributed by atoms with Gasteiger partial charge >= 0.3 is 0 Å². The average Bonchev–Trinajstić information content (AvgIpc) is 2.77. The van der Waals surface area contributed by atoms with Crippen molar-refractivity contribution >= 4 is 10.0 Å². The van der Waals surface area contributed by atoms with Crippen molar-refractivity contribution in [2.45, 2.75) is 38.3 Å². The zero-order chi connectivity index (χ0) is 22.1. The van der Waals surface area contributed by atoms with Crippen LogP contribution in [0, 0.1) is 6.92 Å². The third-order valence-corrected chi connectivity index (χ3v) is 6.05. The first-order valence-corrected chi connectivity index (χ1v) is 12.7. The van der Waals surface area contributed by atoms with E-state index in [2.05, 4.69) is 41.2 Å². The molecule has 3 aromatic rings. The van der Waals surface area contributed by atoms with E-state index >= 15 is 0 Å². The van der Waals surface area contributed by atoms with Gasteiger partial charge in [-0.2, -0.15) is 0 Å². The van der Waals surface area contributed by atoms with Crippen molar-refractivity contribution in [2.75, 3.05) is 12.8 Å². The Labute approximate surface area is 223 Å². The Hall–Kier alpha value is -1.60. The van der Waals surface area contributed by atoms with E-state index in [-0.39, 0.29) is 44.1 Å². The molecule has 0 saturated heterocycles. The van der Waals surface area contributed by atoms with Gasteiger partial charge in [0.2, 0.25) is 10.0 Å². The van der Waals surface area contributed by atoms with Crippen LogP contribution in [0.2, 0.25) is 0 Å². The van der Waals surface area contributed by atoms with Crippen LogP contribution in [-0.4, -0.2) is 21.2 Å². The number of sulfonamides is 1. The minimum absolute atomic E-state index is 0. The molecular weight excluding hydrogens is 555 g/mol. The summed E-state index contributed by atoms with van der Waals surface area (Å²) in [5.74, 6) is 0. The molecule has 5 nitrogen and oxygen atoms in total. The molecule has 6 N–H and O–H groups in total. The summed E-state index contributed by atoms with van der Waals surface area (Å²) < 4.78 is 27.2. The van der Waals surface area contributed by atoms with Crippen molar-refractivity contribution in [3.8, 4) is 0 Å². The van der Waals surface area contributed by atoms with Gasteiger partial charge in [0.1, 0.15) is 0 Å². The summed E-state index contributed by atoms with van der Waals surface area (Å²) in [6, 6.07) is 27.9. The zero-order valence-corrected chi connectivity index (χ0v) is 23.3. The van der Waals surface area contributed by atoms with Crippen LogP contribution in [0.3, 0.4) is 0 Å². The standard InChI is InChI=1S/C26H32N2O2S.ClH.H3N.Ru/c1-21-16-18-22(19-17-21)11-9-10-20-27-25(23-12-5-3-6-13-23)26(28-31(2,29)30)24-14-7-4-8-15-24;;;/h3-8,12-19,25-28H,9-11,20H2,1-2H3;1H;1H3;/t25-,26-;;;/m0.../s1. The fourth-order valence-electron chi connectivity index (χ4n) is 3.77. The van der Waals surface area contributed by atoms with E-state index in [1.807, 2.05) is 60.7 Å². The fraction of sp³-hybridized carbons (Fsp3) is 0.308. The van der Waals surface area contributed by atoms with Gasteiger partial charge in [-0.15, -0.1) is 0 Å². The normalized spacial score (nSPS) is 12.4. The van der Waals surface area contributed by atoms with Crippen molar-refractivity contribution in [1.29, 1.82) is 0 Å². The van der Waals surface area contributed by atoms with Crippen molar-refractivity contribution in [1.82, 2.24) is 16.2 Å². The van der Waals surface area contributed by atoms with Gasteiger partial charge in [0, 0.05) is 19.5 Å². The third kappa shape index (κ3) is 10.8. The molecule has 0 unspecified atom stereocenters. The number of unbranched alkanes of at least 4 members (excludes halogenated alkanes) is 1. The Balaban J connectivity index is 0.00000363. The summed E-state index contributed by atoms with van der Waals surface area (Å²) in [6.45, 7) is 2.91. The van der Waals surface area contributed by atoms with Crippen LogP contribution in [0.15, 0.2) is 84.9 Å². The number of benzene rings is 3. The molecule has 0 spiro atoms. The molecule has 34 heavy (non-hydrogen) atoms. The molecule has 0 aliphatic carbocycles. The van der Waals surface area contributed by atoms with Crippen LogP contribution in [-0.2, 0) is 35.9 Å². The average molecular weight is 591 g/mol. The number of hydrogen-bond donors (Lipinski definition) is 3. The number of halogens is 1. The molecule has 0 bridgehead atoms. The predicted octanol–water partition coefficient (Wildman–Crippen LogP) is 2.32. The molecule has 0 aromatic heterocycles. The molecular formula is C26H36ClN3O2RuS. The largest absolute Gasteiger partial charge is 1.00 e. The Morgan fingerprint density at radius 1 is 0.765 bits per heavy atom. The van der Waals surface area contributed by atoms with E-state index in [1.165, 1.54) is 17.4 Å².